The highest BCUT2D eigenvalue weighted by Crippen LogP contribution is 2.33. The summed E-state index contributed by atoms with van der Waals surface area (Å²) in [6, 6.07) is 19.1. The quantitative estimate of drug-likeness (QED) is 0.377. The van der Waals surface area contributed by atoms with E-state index in [4.69, 9.17) is 16.3 Å². The average molecular weight is 558 g/mol. The molecule has 202 valence electrons. The van der Waals surface area contributed by atoms with Crippen LogP contribution >= 0.6 is 11.6 Å². The van der Waals surface area contributed by atoms with Crippen LogP contribution in [-0.4, -0.2) is 51.4 Å². The number of halogens is 1. The summed E-state index contributed by atoms with van der Waals surface area (Å²) in [5.74, 6) is -0.634. The normalized spacial score (nSPS) is 11.9. The first-order chi connectivity index (χ1) is 18.1. The molecule has 0 aliphatic heterocycles. The number of ether oxygens (including phenoxy) is 1. The minimum Gasteiger partial charge on any atom is -0.492 e. The lowest BCUT2D eigenvalue weighted by atomic mass is 10.1. The molecule has 0 aliphatic carbocycles. The van der Waals surface area contributed by atoms with Gasteiger partial charge in [0.05, 0.1) is 17.2 Å². The van der Waals surface area contributed by atoms with Gasteiger partial charge in [0.15, 0.2) is 0 Å². The first kappa shape index (κ1) is 29.0. The molecule has 0 aliphatic rings. The van der Waals surface area contributed by atoms with E-state index < -0.39 is 28.5 Å². The fourth-order valence-corrected chi connectivity index (χ4v) is 5.55. The van der Waals surface area contributed by atoms with Crippen molar-refractivity contribution in [2.75, 3.05) is 24.5 Å². The van der Waals surface area contributed by atoms with Crippen molar-refractivity contribution in [2.45, 2.75) is 38.3 Å². The van der Waals surface area contributed by atoms with Crippen LogP contribution in [-0.2, 0) is 26.2 Å². The molecular weight excluding hydrogens is 526 g/mol. The number of aryl methyl sites for hydroxylation is 1. The fourth-order valence-electron chi connectivity index (χ4n) is 3.92. The van der Waals surface area contributed by atoms with Crippen LogP contribution in [0.15, 0.2) is 77.7 Å². The minimum atomic E-state index is -4.19. The molecule has 38 heavy (non-hydrogen) atoms. The highest BCUT2D eigenvalue weighted by molar-refractivity contribution is 7.92. The summed E-state index contributed by atoms with van der Waals surface area (Å²) < 4.78 is 34.6. The molecule has 0 heterocycles. The lowest BCUT2D eigenvalue weighted by Gasteiger charge is -2.32. The van der Waals surface area contributed by atoms with Crippen molar-refractivity contribution in [1.29, 1.82) is 0 Å². The van der Waals surface area contributed by atoms with Gasteiger partial charge in [0.1, 0.15) is 18.3 Å². The van der Waals surface area contributed by atoms with E-state index in [0.717, 1.165) is 9.87 Å². The smallest absolute Gasteiger partial charge is 0.264 e. The molecule has 3 aromatic carbocycles. The van der Waals surface area contributed by atoms with Crippen LogP contribution in [0.1, 0.15) is 25.0 Å². The number of likely N-dealkylation sites (N-methyl/N-ethyl adjacent to an activating group) is 1. The van der Waals surface area contributed by atoms with Gasteiger partial charge < -0.3 is 15.0 Å². The number of anilines is 1. The van der Waals surface area contributed by atoms with E-state index in [1.165, 1.54) is 24.1 Å². The number of sulfonamides is 1. The number of hydrogen-bond donors (Lipinski definition) is 1. The number of carbonyl (C=O) groups is 2. The summed E-state index contributed by atoms with van der Waals surface area (Å²) in [6.45, 7) is 5.04. The summed E-state index contributed by atoms with van der Waals surface area (Å²) in [5.41, 5.74) is 1.82. The van der Waals surface area contributed by atoms with Crippen LogP contribution in [0.4, 0.5) is 5.69 Å². The molecule has 0 aromatic heterocycles. The molecule has 0 radical (unpaired) electrons. The summed E-state index contributed by atoms with van der Waals surface area (Å²) in [4.78, 5) is 27.8. The van der Waals surface area contributed by atoms with E-state index in [2.05, 4.69) is 5.32 Å². The van der Waals surface area contributed by atoms with E-state index in [1.807, 2.05) is 6.92 Å². The molecule has 0 saturated heterocycles. The Labute approximate surface area is 229 Å². The van der Waals surface area contributed by atoms with Gasteiger partial charge in [0.25, 0.3) is 10.0 Å². The topological polar surface area (TPSA) is 96.0 Å². The summed E-state index contributed by atoms with van der Waals surface area (Å²) in [5, 5.41) is 3.04. The van der Waals surface area contributed by atoms with Gasteiger partial charge in [-0.1, -0.05) is 53.6 Å². The SMILES string of the molecule is CCOc1ccccc1N(CC(=O)N(Cc1cccc(Cl)c1)[C@@H](C)C(=O)NC)S(=O)(=O)c1ccc(C)cc1. The van der Waals surface area contributed by atoms with Crippen molar-refractivity contribution < 1.29 is 22.7 Å². The molecule has 0 saturated carbocycles. The van der Waals surface area contributed by atoms with Gasteiger partial charge in [-0.2, -0.15) is 0 Å². The Balaban J connectivity index is 2.09. The molecule has 0 bridgehead atoms. The first-order valence-corrected chi connectivity index (χ1v) is 14.0. The lowest BCUT2D eigenvalue weighted by molar-refractivity contribution is -0.139. The third-order valence-corrected chi connectivity index (χ3v) is 7.99. The highest BCUT2D eigenvalue weighted by atomic mass is 35.5. The fraction of sp³-hybridized carbons (Fsp3) is 0.286. The number of carbonyl (C=O) groups excluding carboxylic acids is 2. The first-order valence-electron chi connectivity index (χ1n) is 12.1. The Kier molecular flexibility index (Phi) is 9.77. The molecule has 8 nitrogen and oxygen atoms in total. The van der Waals surface area contributed by atoms with Gasteiger partial charge in [0, 0.05) is 18.6 Å². The van der Waals surface area contributed by atoms with Crippen molar-refractivity contribution in [3.8, 4) is 5.75 Å². The molecule has 2 amide bonds. The summed E-state index contributed by atoms with van der Waals surface area (Å²) in [6.07, 6.45) is 0. The molecule has 10 heteroatoms. The van der Waals surface area contributed by atoms with E-state index >= 15 is 0 Å². The largest absolute Gasteiger partial charge is 0.492 e. The third-order valence-electron chi connectivity index (χ3n) is 5.98. The molecule has 1 N–H and O–H groups in total. The molecule has 3 aromatic rings. The monoisotopic (exact) mass is 557 g/mol. The third kappa shape index (κ3) is 6.85. The van der Waals surface area contributed by atoms with Crippen LogP contribution in [0.5, 0.6) is 5.75 Å². The van der Waals surface area contributed by atoms with Crippen LogP contribution in [0, 0.1) is 6.92 Å². The molecule has 0 unspecified atom stereocenters. The molecular formula is C28H32ClN3O5S. The maximum Gasteiger partial charge on any atom is 0.264 e. The van der Waals surface area contributed by atoms with E-state index in [1.54, 1.807) is 74.5 Å². The van der Waals surface area contributed by atoms with E-state index in [9.17, 15) is 18.0 Å². The Morgan fingerprint density at radius 3 is 2.34 bits per heavy atom. The molecule has 0 fully saturated rings. The van der Waals surface area contributed by atoms with Gasteiger partial charge in [-0.05, 0) is 62.7 Å². The number of benzene rings is 3. The second-order valence-corrected chi connectivity index (χ2v) is 11.0. The number of rotatable bonds is 11. The Hall–Kier alpha value is -3.56. The van der Waals surface area contributed by atoms with Gasteiger partial charge in [0.2, 0.25) is 11.8 Å². The maximum absolute atomic E-state index is 13.9. The zero-order valence-corrected chi connectivity index (χ0v) is 23.4. The number of nitrogens with zero attached hydrogens (tertiary/aromatic N) is 2. The average Bonchev–Trinajstić information content (AvgIpc) is 2.90. The molecule has 1 atom stereocenters. The summed E-state index contributed by atoms with van der Waals surface area (Å²) >= 11 is 6.14. The zero-order valence-electron chi connectivity index (χ0n) is 21.8. The molecule has 3 rings (SSSR count). The van der Waals surface area contributed by atoms with Gasteiger partial charge in [-0.25, -0.2) is 8.42 Å². The van der Waals surface area contributed by atoms with E-state index in [0.29, 0.717) is 22.9 Å². The molecule has 0 spiro atoms. The highest BCUT2D eigenvalue weighted by Gasteiger charge is 2.33. The van der Waals surface area contributed by atoms with Gasteiger partial charge in [-0.3, -0.25) is 13.9 Å². The Morgan fingerprint density at radius 1 is 1.03 bits per heavy atom. The van der Waals surface area contributed by atoms with E-state index in [-0.39, 0.29) is 23.0 Å². The lowest BCUT2D eigenvalue weighted by Crippen LogP contribution is -2.50. The van der Waals surface area contributed by atoms with Gasteiger partial charge in [-0.15, -0.1) is 0 Å². The van der Waals surface area contributed by atoms with Crippen molar-refractivity contribution >= 4 is 39.1 Å². The van der Waals surface area contributed by atoms with Crippen LogP contribution in [0.2, 0.25) is 5.02 Å². The standard InChI is InChI=1S/C28H32ClN3O5S/c1-5-37-26-12-7-6-11-25(26)32(38(35,36)24-15-13-20(2)14-16-24)19-27(33)31(21(3)28(34)30-4)18-22-9-8-10-23(29)17-22/h6-17,21H,5,18-19H2,1-4H3,(H,30,34)/t21-/m0/s1. The van der Waals surface area contributed by atoms with Crippen LogP contribution in [0.25, 0.3) is 0 Å². The van der Waals surface area contributed by atoms with Crippen molar-refractivity contribution in [1.82, 2.24) is 10.2 Å². The predicted octanol–water partition coefficient (Wildman–Crippen LogP) is 4.41. The number of para-hydroxylation sites is 2. The predicted molar refractivity (Wildman–Crippen MR) is 149 cm³/mol. The Bertz CT molecular complexity index is 1380. The number of amides is 2. The van der Waals surface area contributed by atoms with Gasteiger partial charge >= 0.3 is 0 Å². The van der Waals surface area contributed by atoms with Crippen LogP contribution in [0.3, 0.4) is 0 Å². The number of nitrogens with one attached hydrogen (secondary N) is 1. The minimum absolute atomic E-state index is 0.0305. The maximum atomic E-state index is 13.9. The zero-order chi connectivity index (χ0) is 27.9. The summed E-state index contributed by atoms with van der Waals surface area (Å²) in [7, 11) is -2.71. The van der Waals surface area contributed by atoms with Crippen molar-refractivity contribution in [3.05, 3.63) is 88.9 Å². The number of hydrogen-bond acceptors (Lipinski definition) is 5. The van der Waals surface area contributed by atoms with Crippen molar-refractivity contribution in [2.24, 2.45) is 0 Å². The Morgan fingerprint density at radius 2 is 1.71 bits per heavy atom. The van der Waals surface area contributed by atoms with Crippen molar-refractivity contribution in [3.63, 3.8) is 0 Å². The second kappa shape index (κ2) is 12.8. The second-order valence-electron chi connectivity index (χ2n) is 8.67. The van der Waals surface area contributed by atoms with Crippen LogP contribution < -0.4 is 14.4 Å².